The third-order valence-electron chi connectivity index (χ3n) is 5.20. The van der Waals surface area contributed by atoms with Gasteiger partial charge in [-0.25, -0.2) is 0 Å². The minimum Gasteiger partial charge on any atom is -0.381 e. The van der Waals surface area contributed by atoms with Crippen LogP contribution in [0.15, 0.2) is 35.1 Å². The summed E-state index contributed by atoms with van der Waals surface area (Å²) >= 11 is 0. The lowest BCUT2D eigenvalue weighted by Gasteiger charge is -2.28. The summed E-state index contributed by atoms with van der Waals surface area (Å²) in [6.45, 7) is 1.92. The minimum absolute atomic E-state index is 0.0234. The smallest absolute Gasteiger partial charge is 0.275 e. The molecular formula is C20H26N4O3. The van der Waals surface area contributed by atoms with Gasteiger partial charge in [0.05, 0.1) is 12.1 Å². The number of hydrogen-bond acceptors (Lipinski definition) is 5. The molecule has 0 radical (unpaired) electrons. The van der Waals surface area contributed by atoms with Crippen LogP contribution in [0.4, 0.5) is 0 Å². The maximum absolute atomic E-state index is 12.6. The van der Waals surface area contributed by atoms with Crippen LogP contribution in [0.25, 0.3) is 11.4 Å². The lowest BCUT2D eigenvalue weighted by molar-refractivity contribution is -0.127. The molecule has 2 N–H and O–H groups in total. The molecule has 1 atom stereocenters. The third-order valence-corrected chi connectivity index (χ3v) is 5.20. The first-order chi connectivity index (χ1) is 13.1. The maximum atomic E-state index is 12.6. The number of nitrogens with one attached hydrogen (secondary N) is 2. The normalized spacial score (nSPS) is 20.8. The fourth-order valence-electron chi connectivity index (χ4n) is 3.51. The quantitative estimate of drug-likeness (QED) is 0.815. The number of carbonyl (C=O) groups excluding carboxylic acids is 1. The molecule has 1 saturated carbocycles. The SMILES string of the molecule is CCC(NC(=O)C1CCC(OC)CC1)c1nnc(-c2ccccc2)[nH]c1=O. The summed E-state index contributed by atoms with van der Waals surface area (Å²) in [5, 5.41) is 11.3. The van der Waals surface area contributed by atoms with Crippen LogP contribution < -0.4 is 10.9 Å². The average molecular weight is 370 g/mol. The number of aromatic nitrogens is 3. The van der Waals surface area contributed by atoms with Crippen molar-refractivity contribution in [1.82, 2.24) is 20.5 Å². The number of ether oxygens (including phenoxy) is 1. The predicted octanol–water partition coefficient (Wildman–Crippen LogP) is 2.60. The van der Waals surface area contributed by atoms with Gasteiger partial charge in [-0.3, -0.25) is 9.59 Å². The van der Waals surface area contributed by atoms with Crippen LogP contribution in [0, 0.1) is 5.92 Å². The van der Waals surface area contributed by atoms with Gasteiger partial charge in [0, 0.05) is 18.6 Å². The van der Waals surface area contributed by atoms with E-state index in [4.69, 9.17) is 4.74 Å². The molecule has 7 nitrogen and oxygen atoms in total. The molecule has 1 heterocycles. The number of nitrogens with zero attached hydrogens (tertiary/aromatic N) is 2. The highest BCUT2D eigenvalue weighted by atomic mass is 16.5. The van der Waals surface area contributed by atoms with E-state index in [1.165, 1.54) is 0 Å². The molecule has 27 heavy (non-hydrogen) atoms. The van der Waals surface area contributed by atoms with E-state index < -0.39 is 6.04 Å². The van der Waals surface area contributed by atoms with Gasteiger partial charge in [0.25, 0.3) is 5.56 Å². The van der Waals surface area contributed by atoms with Crippen LogP contribution in [0.5, 0.6) is 0 Å². The van der Waals surface area contributed by atoms with E-state index in [0.29, 0.717) is 12.2 Å². The van der Waals surface area contributed by atoms with Crippen molar-refractivity contribution >= 4 is 5.91 Å². The Labute approximate surface area is 158 Å². The molecule has 1 aromatic heterocycles. The monoisotopic (exact) mass is 370 g/mol. The molecule has 1 aromatic carbocycles. The Balaban J connectivity index is 1.70. The van der Waals surface area contributed by atoms with Crippen LogP contribution >= 0.6 is 0 Å². The Morgan fingerprint density at radius 1 is 1.22 bits per heavy atom. The number of H-pyrrole nitrogens is 1. The van der Waals surface area contributed by atoms with Crippen molar-refractivity contribution in [3.05, 3.63) is 46.4 Å². The second-order valence-electron chi connectivity index (χ2n) is 6.93. The largest absolute Gasteiger partial charge is 0.381 e. The average Bonchev–Trinajstić information content (AvgIpc) is 2.72. The van der Waals surface area contributed by atoms with Gasteiger partial charge in [-0.1, -0.05) is 37.3 Å². The van der Waals surface area contributed by atoms with Crippen molar-refractivity contribution in [3.63, 3.8) is 0 Å². The van der Waals surface area contributed by atoms with Crippen LogP contribution in [-0.4, -0.2) is 34.3 Å². The second-order valence-corrected chi connectivity index (χ2v) is 6.93. The summed E-state index contributed by atoms with van der Waals surface area (Å²) in [4.78, 5) is 27.9. The molecule has 2 aromatic rings. The molecule has 7 heteroatoms. The van der Waals surface area contributed by atoms with E-state index in [-0.39, 0.29) is 29.2 Å². The van der Waals surface area contributed by atoms with Crippen molar-refractivity contribution in [2.75, 3.05) is 7.11 Å². The van der Waals surface area contributed by atoms with Crippen LogP contribution in [0.2, 0.25) is 0 Å². The van der Waals surface area contributed by atoms with Crippen molar-refractivity contribution in [2.24, 2.45) is 5.92 Å². The number of carbonyl (C=O) groups is 1. The molecule has 1 fully saturated rings. The summed E-state index contributed by atoms with van der Waals surface area (Å²) < 4.78 is 5.36. The third kappa shape index (κ3) is 4.60. The number of rotatable bonds is 6. The molecule has 3 rings (SSSR count). The van der Waals surface area contributed by atoms with Gasteiger partial charge in [-0.05, 0) is 32.1 Å². The summed E-state index contributed by atoms with van der Waals surface area (Å²) in [5.41, 5.74) is 0.718. The first-order valence-corrected chi connectivity index (χ1v) is 9.47. The van der Waals surface area contributed by atoms with Crippen molar-refractivity contribution < 1.29 is 9.53 Å². The zero-order chi connectivity index (χ0) is 19.2. The highest BCUT2D eigenvalue weighted by molar-refractivity contribution is 5.79. The summed E-state index contributed by atoms with van der Waals surface area (Å²) in [5.74, 6) is 0.356. The summed E-state index contributed by atoms with van der Waals surface area (Å²) in [6, 6.07) is 8.91. The van der Waals surface area contributed by atoms with Crippen molar-refractivity contribution in [1.29, 1.82) is 0 Å². The van der Waals surface area contributed by atoms with Crippen molar-refractivity contribution in [2.45, 2.75) is 51.2 Å². The number of methoxy groups -OCH3 is 1. The molecule has 1 aliphatic rings. The summed E-state index contributed by atoms with van der Waals surface area (Å²) in [6.07, 6.45) is 4.19. The second kappa shape index (κ2) is 8.90. The number of benzene rings is 1. The van der Waals surface area contributed by atoms with Crippen molar-refractivity contribution in [3.8, 4) is 11.4 Å². The van der Waals surface area contributed by atoms with E-state index in [0.717, 1.165) is 31.2 Å². The van der Waals surface area contributed by atoms with E-state index >= 15 is 0 Å². The Morgan fingerprint density at radius 2 is 1.93 bits per heavy atom. The standard InChI is InChI=1S/C20H26N4O3/c1-3-16(21-19(25)14-9-11-15(27-2)12-10-14)17-20(26)22-18(24-23-17)13-7-5-4-6-8-13/h4-8,14-16H,3,9-12H2,1-2H3,(H,21,25)(H,22,24,26). The molecule has 0 bridgehead atoms. The highest BCUT2D eigenvalue weighted by Gasteiger charge is 2.28. The molecule has 0 spiro atoms. The first-order valence-electron chi connectivity index (χ1n) is 9.47. The van der Waals surface area contributed by atoms with E-state index in [1.54, 1.807) is 7.11 Å². The Bertz CT molecular complexity index is 813. The van der Waals surface area contributed by atoms with Crippen LogP contribution in [0.3, 0.4) is 0 Å². The fourth-order valence-corrected chi connectivity index (χ4v) is 3.51. The minimum atomic E-state index is -0.446. The van der Waals surface area contributed by atoms with Crippen LogP contribution in [-0.2, 0) is 9.53 Å². The van der Waals surface area contributed by atoms with Gasteiger partial charge in [0.1, 0.15) is 0 Å². The van der Waals surface area contributed by atoms with E-state index in [1.807, 2.05) is 37.3 Å². The van der Waals surface area contributed by atoms with E-state index in [9.17, 15) is 9.59 Å². The van der Waals surface area contributed by atoms with E-state index in [2.05, 4.69) is 20.5 Å². The molecule has 144 valence electrons. The van der Waals surface area contributed by atoms with Gasteiger partial charge in [-0.15, -0.1) is 10.2 Å². The van der Waals surface area contributed by atoms with Crippen LogP contribution in [0.1, 0.15) is 50.8 Å². The Kier molecular flexibility index (Phi) is 6.34. The number of aromatic amines is 1. The molecular weight excluding hydrogens is 344 g/mol. The topological polar surface area (TPSA) is 97.0 Å². The maximum Gasteiger partial charge on any atom is 0.275 e. The molecule has 1 unspecified atom stereocenters. The van der Waals surface area contributed by atoms with Gasteiger partial charge < -0.3 is 15.0 Å². The lowest BCUT2D eigenvalue weighted by atomic mass is 9.86. The zero-order valence-electron chi connectivity index (χ0n) is 15.8. The number of hydrogen-bond donors (Lipinski definition) is 2. The van der Waals surface area contributed by atoms with Gasteiger partial charge in [-0.2, -0.15) is 0 Å². The van der Waals surface area contributed by atoms with Gasteiger partial charge >= 0.3 is 0 Å². The zero-order valence-corrected chi connectivity index (χ0v) is 15.8. The molecule has 1 aliphatic carbocycles. The lowest BCUT2D eigenvalue weighted by Crippen LogP contribution is -2.39. The first kappa shape index (κ1) is 19.2. The molecule has 1 amide bonds. The molecule has 0 aliphatic heterocycles. The fraction of sp³-hybridized carbons (Fsp3) is 0.500. The summed E-state index contributed by atoms with van der Waals surface area (Å²) in [7, 11) is 1.71. The Hall–Kier alpha value is -2.54. The van der Waals surface area contributed by atoms with Gasteiger partial charge in [0.2, 0.25) is 5.91 Å². The Morgan fingerprint density at radius 3 is 2.52 bits per heavy atom. The predicted molar refractivity (Wildman–Crippen MR) is 102 cm³/mol. The molecule has 0 saturated heterocycles. The highest BCUT2D eigenvalue weighted by Crippen LogP contribution is 2.26. The van der Waals surface area contributed by atoms with Gasteiger partial charge in [0.15, 0.2) is 11.5 Å². The number of amides is 1.